The van der Waals surface area contributed by atoms with Gasteiger partial charge in [0.05, 0.1) is 6.20 Å². The van der Waals surface area contributed by atoms with E-state index >= 15 is 0 Å². The molecule has 0 aromatic heterocycles. The quantitative estimate of drug-likeness (QED) is 0.363. The van der Waals surface area contributed by atoms with Gasteiger partial charge in [-0.2, -0.15) is 9.89 Å². The van der Waals surface area contributed by atoms with Gasteiger partial charge in [-0.25, -0.2) is 5.84 Å². The number of aliphatic hydroxyl groups is 1. The van der Waals surface area contributed by atoms with Gasteiger partial charge >= 0.3 is 5.88 Å². The van der Waals surface area contributed by atoms with Crippen LogP contribution < -0.4 is 10.7 Å². The molecule has 0 saturated heterocycles. The number of amidine groups is 1. The standard InChI is InChI=1S/C6H8N4O/c7-9-1-2-10-5(4-9)8-3-6(10)11/h1-3,11H,4,7H2/p+1. The highest BCUT2D eigenvalue weighted by atomic mass is 16.3. The number of nitrogens with two attached hydrogens (primary N) is 1. The van der Waals surface area contributed by atoms with E-state index in [0.29, 0.717) is 6.54 Å². The molecule has 1 atom stereocenters. The van der Waals surface area contributed by atoms with Crippen molar-refractivity contribution < 1.29 is 10.0 Å². The summed E-state index contributed by atoms with van der Waals surface area (Å²) < 4.78 is 0. The van der Waals surface area contributed by atoms with Crippen molar-refractivity contribution in [3.63, 3.8) is 0 Å². The summed E-state index contributed by atoms with van der Waals surface area (Å²) in [5.74, 6) is 6.54. The SMILES string of the molecule is NN1C=C[NH+]2C(O)=CN=C2C1. The lowest BCUT2D eigenvalue weighted by Crippen LogP contribution is -3.09. The van der Waals surface area contributed by atoms with Gasteiger partial charge in [0.1, 0.15) is 18.9 Å². The van der Waals surface area contributed by atoms with Crippen LogP contribution in [0.4, 0.5) is 0 Å². The Morgan fingerprint density at radius 3 is 3.36 bits per heavy atom. The first-order valence-corrected chi connectivity index (χ1v) is 3.30. The van der Waals surface area contributed by atoms with E-state index in [0.717, 1.165) is 10.7 Å². The van der Waals surface area contributed by atoms with Crippen LogP contribution in [0.5, 0.6) is 0 Å². The van der Waals surface area contributed by atoms with Gasteiger partial charge < -0.3 is 10.1 Å². The van der Waals surface area contributed by atoms with Gasteiger partial charge in [-0.1, -0.05) is 0 Å². The Labute approximate surface area is 63.7 Å². The van der Waals surface area contributed by atoms with E-state index in [9.17, 15) is 5.11 Å². The topological polar surface area (TPSA) is 66.3 Å². The largest absolute Gasteiger partial charge is 0.466 e. The van der Waals surface area contributed by atoms with Crippen LogP contribution in [0, 0.1) is 0 Å². The average Bonchev–Trinajstić information content (AvgIpc) is 2.32. The summed E-state index contributed by atoms with van der Waals surface area (Å²) in [5.41, 5.74) is 0. The number of nitrogens with zero attached hydrogens (tertiary/aromatic N) is 2. The summed E-state index contributed by atoms with van der Waals surface area (Å²) in [7, 11) is 0. The van der Waals surface area contributed by atoms with E-state index < -0.39 is 0 Å². The van der Waals surface area contributed by atoms with Crippen LogP contribution in [0.25, 0.3) is 0 Å². The number of quaternary nitrogens is 1. The second-order valence-electron chi connectivity index (χ2n) is 2.49. The average molecular weight is 153 g/mol. The Kier molecular flexibility index (Phi) is 1.21. The molecular formula is C6H9N4O+. The van der Waals surface area contributed by atoms with Crippen molar-refractivity contribution in [1.82, 2.24) is 5.01 Å². The lowest BCUT2D eigenvalue weighted by Gasteiger charge is -2.19. The van der Waals surface area contributed by atoms with Crippen molar-refractivity contribution >= 4 is 5.84 Å². The maximum absolute atomic E-state index is 9.21. The molecule has 0 radical (unpaired) electrons. The van der Waals surface area contributed by atoms with Crippen molar-refractivity contribution in [1.29, 1.82) is 0 Å². The fraction of sp³-hybridized carbons (Fsp3) is 0.167. The number of aliphatic imine (C=N–C) groups is 1. The molecule has 0 aromatic carbocycles. The van der Waals surface area contributed by atoms with Gasteiger partial charge in [-0.15, -0.1) is 0 Å². The number of nitrogens with one attached hydrogen (secondary N) is 1. The molecule has 0 fully saturated rings. The first kappa shape index (κ1) is 6.38. The van der Waals surface area contributed by atoms with E-state index in [-0.39, 0.29) is 5.88 Å². The third kappa shape index (κ3) is 0.903. The van der Waals surface area contributed by atoms with Crippen molar-refractivity contribution in [3.8, 4) is 0 Å². The van der Waals surface area contributed by atoms with Gasteiger partial charge in [0.25, 0.3) is 0 Å². The monoisotopic (exact) mass is 153 g/mol. The van der Waals surface area contributed by atoms with E-state index in [2.05, 4.69) is 4.99 Å². The molecular weight excluding hydrogens is 144 g/mol. The number of rotatable bonds is 0. The fourth-order valence-corrected chi connectivity index (χ4v) is 1.13. The third-order valence-corrected chi connectivity index (χ3v) is 1.69. The van der Waals surface area contributed by atoms with Gasteiger partial charge in [0.15, 0.2) is 0 Å². The molecule has 2 aliphatic heterocycles. The molecule has 58 valence electrons. The zero-order valence-corrected chi connectivity index (χ0v) is 5.86. The van der Waals surface area contributed by atoms with E-state index in [4.69, 9.17) is 5.84 Å². The van der Waals surface area contributed by atoms with Crippen LogP contribution in [-0.2, 0) is 0 Å². The maximum atomic E-state index is 9.21. The smallest absolute Gasteiger partial charge is 0.317 e. The lowest BCUT2D eigenvalue weighted by atomic mass is 10.4. The highest BCUT2D eigenvalue weighted by Crippen LogP contribution is 1.94. The molecule has 4 N–H and O–H groups in total. The summed E-state index contributed by atoms with van der Waals surface area (Å²) in [6, 6.07) is 0. The van der Waals surface area contributed by atoms with Crippen LogP contribution >= 0.6 is 0 Å². The van der Waals surface area contributed by atoms with Crippen LogP contribution in [-0.4, -0.2) is 22.5 Å². The molecule has 11 heavy (non-hydrogen) atoms. The summed E-state index contributed by atoms with van der Waals surface area (Å²) in [6.45, 7) is 0.562. The molecule has 5 nitrogen and oxygen atoms in total. The van der Waals surface area contributed by atoms with Gasteiger partial charge in [0.2, 0.25) is 5.84 Å². The normalized spacial score (nSPS) is 28.1. The molecule has 0 saturated carbocycles. The minimum absolute atomic E-state index is 0.226. The second-order valence-corrected chi connectivity index (χ2v) is 2.49. The summed E-state index contributed by atoms with van der Waals surface area (Å²) >= 11 is 0. The van der Waals surface area contributed by atoms with Crippen LogP contribution in [0.1, 0.15) is 0 Å². The van der Waals surface area contributed by atoms with Crippen molar-refractivity contribution in [2.75, 3.05) is 6.54 Å². The molecule has 2 rings (SSSR count). The number of fused-ring (bicyclic) bond motifs is 1. The molecule has 0 bridgehead atoms. The summed E-state index contributed by atoms with van der Waals surface area (Å²) in [5, 5.41) is 10.7. The Morgan fingerprint density at radius 1 is 1.73 bits per heavy atom. The predicted molar refractivity (Wildman–Crippen MR) is 39.1 cm³/mol. The van der Waals surface area contributed by atoms with Gasteiger partial charge in [0, 0.05) is 0 Å². The Balaban J connectivity index is 2.28. The molecule has 0 amide bonds. The molecule has 2 heterocycles. The Hall–Kier alpha value is -1.33. The number of hydrazine groups is 1. The van der Waals surface area contributed by atoms with Crippen LogP contribution in [0.2, 0.25) is 0 Å². The summed E-state index contributed by atoms with van der Waals surface area (Å²) in [4.78, 5) is 4.77. The minimum atomic E-state index is 0.226. The first-order valence-electron chi connectivity index (χ1n) is 3.30. The number of hydrogen-bond donors (Lipinski definition) is 3. The molecule has 2 aliphatic rings. The number of aliphatic hydroxyl groups excluding tert-OH is 1. The predicted octanol–water partition coefficient (Wildman–Crippen LogP) is -1.70. The zero-order chi connectivity index (χ0) is 7.84. The Morgan fingerprint density at radius 2 is 2.55 bits per heavy atom. The van der Waals surface area contributed by atoms with Crippen molar-refractivity contribution in [2.45, 2.75) is 0 Å². The zero-order valence-electron chi connectivity index (χ0n) is 5.86. The van der Waals surface area contributed by atoms with Crippen LogP contribution in [0.3, 0.4) is 0 Å². The van der Waals surface area contributed by atoms with E-state index in [1.165, 1.54) is 11.2 Å². The second kappa shape index (κ2) is 2.08. The highest BCUT2D eigenvalue weighted by molar-refractivity contribution is 5.79. The Bertz CT molecular complexity index is 268. The van der Waals surface area contributed by atoms with Gasteiger partial charge in [-0.05, 0) is 0 Å². The highest BCUT2D eigenvalue weighted by Gasteiger charge is 2.28. The molecule has 1 unspecified atom stereocenters. The van der Waals surface area contributed by atoms with E-state index in [1.807, 2.05) is 0 Å². The third-order valence-electron chi connectivity index (χ3n) is 1.69. The van der Waals surface area contributed by atoms with Crippen molar-refractivity contribution in [2.24, 2.45) is 10.8 Å². The summed E-state index contributed by atoms with van der Waals surface area (Å²) in [6.07, 6.45) is 4.90. The molecule has 0 aromatic rings. The minimum Gasteiger partial charge on any atom is -0.466 e. The van der Waals surface area contributed by atoms with Crippen molar-refractivity contribution in [3.05, 3.63) is 24.5 Å². The van der Waals surface area contributed by atoms with Gasteiger partial charge in [-0.3, -0.25) is 0 Å². The molecule has 5 heteroatoms. The maximum Gasteiger partial charge on any atom is 0.317 e. The first-order chi connectivity index (χ1) is 5.27. The molecule has 0 aliphatic carbocycles. The lowest BCUT2D eigenvalue weighted by molar-refractivity contribution is -0.722. The molecule has 0 spiro atoms. The van der Waals surface area contributed by atoms with E-state index in [1.54, 1.807) is 12.4 Å². The van der Waals surface area contributed by atoms with Crippen LogP contribution in [0.15, 0.2) is 29.5 Å². The number of hydrogen-bond acceptors (Lipinski definition) is 4. The fourth-order valence-electron chi connectivity index (χ4n) is 1.13.